The third kappa shape index (κ3) is 3.99. The molecule has 0 fully saturated rings. The number of carboxylic acid groups (broad SMARTS) is 1. The van der Waals surface area contributed by atoms with E-state index in [1.54, 1.807) is 7.11 Å². The van der Waals surface area contributed by atoms with Gasteiger partial charge in [-0.2, -0.15) is 0 Å². The Morgan fingerprint density at radius 2 is 2.11 bits per heavy atom. The summed E-state index contributed by atoms with van der Waals surface area (Å²) in [6, 6.07) is 7.53. The van der Waals surface area contributed by atoms with Gasteiger partial charge in [0, 0.05) is 0 Å². The third-order valence-electron chi connectivity index (χ3n) is 2.28. The normalized spacial score (nSPS) is 10.4. The van der Waals surface area contributed by atoms with Crippen molar-refractivity contribution >= 4 is 17.7 Å². The first-order valence-electron chi connectivity index (χ1n) is 5.47. The zero-order valence-electron chi connectivity index (χ0n) is 10.2. The molecule has 1 aromatic carbocycles. The number of carbonyl (C=O) groups is 1. The van der Waals surface area contributed by atoms with Crippen molar-refractivity contribution in [1.29, 1.82) is 0 Å². The SMILES string of the molecule is COc1ccc(Cc2nnc(SCC(=O)O)o2)cc1. The van der Waals surface area contributed by atoms with Crippen molar-refractivity contribution in [2.24, 2.45) is 0 Å². The fourth-order valence-corrected chi connectivity index (χ4v) is 1.91. The molecule has 0 saturated carbocycles. The molecule has 0 atom stereocenters. The van der Waals surface area contributed by atoms with Crippen molar-refractivity contribution in [2.45, 2.75) is 11.6 Å². The second-order valence-electron chi connectivity index (χ2n) is 3.67. The Kier molecular flexibility index (Phi) is 4.40. The monoisotopic (exact) mass is 280 g/mol. The van der Waals surface area contributed by atoms with Crippen LogP contribution >= 0.6 is 11.8 Å². The lowest BCUT2D eigenvalue weighted by molar-refractivity contribution is -0.133. The fraction of sp³-hybridized carbons (Fsp3) is 0.250. The zero-order valence-corrected chi connectivity index (χ0v) is 11.0. The summed E-state index contributed by atoms with van der Waals surface area (Å²) in [5.74, 6) is 0.231. The topological polar surface area (TPSA) is 85.5 Å². The number of aliphatic carboxylic acids is 1. The minimum Gasteiger partial charge on any atom is -0.497 e. The number of methoxy groups -OCH3 is 1. The van der Waals surface area contributed by atoms with Gasteiger partial charge in [0.1, 0.15) is 11.5 Å². The minimum absolute atomic E-state index is 0.0931. The van der Waals surface area contributed by atoms with E-state index in [2.05, 4.69) is 10.2 Å². The van der Waals surface area contributed by atoms with E-state index in [-0.39, 0.29) is 11.0 Å². The summed E-state index contributed by atoms with van der Waals surface area (Å²) in [6.45, 7) is 0. The summed E-state index contributed by atoms with van der Waals surface area (Å²) in [5.41, 5.74) is 1.01. The molecule has 0 aliphatic heterocycles. The van der Waals surface area contributed by atoms with Gasteiger partial charge in [-0.25, -0.2) is 0 Å². The van der Waals surface area contributed by atoms with Crippen molar-refractivity contribution < 1.29 is 19.1 Å². The van der Waals surface area contributed by atoms with Crippen molar-refractivity contribution in [2.75, 3.05) is 12.9 Å². The average molecular weight is 280 g/mol. The Balaban J connectivity index is 1.96. The average Bonchev–Trinajstić information content (AvgIpc) is 2.85. The van der Waals surface area contributed by atoms with Gasteiger partial charge in [-0.05, 0) is 17.7 Å². The van der Waals surface area contributed by atoms with Crippen molar-refractivity contribution in [1.82, 2.24) is 10.2 Å². The fourth-order valence-electron chi connectivity index (χ4n) is 1.41. The maximum Gasteiger partial charge on any atom is 0.314 e. The molecule has 100 valence electrons. The lowest BCUT2D eigenvalue weighted by Gasteiger charge is -2.00. The van der Waals surface area contributed by atoms with Gasteiger partial charge < -0.3 is 14.3 Å². The lowest BCUT2D eigenvalue weighted by atomic mass is 10.1. The van der Waals surface area contributed by atoms with Crippen LogP contribution in [0.25, 0.3) is 0 Å². The highest BCUT2D eigenvalue weighted by molar-refractivity contribution is 7.99. The van der Waals surface area contributed by atoms with Crippen LogP contribution in [0.2, 0.25) is 0 Å². The van der Waals surface area contributed by atoms with Crippen molar-refractivity contribution in [3.8, 4) is 5.75 Å². The van der Waals surface area contributed by atoms with E-state index in [1.807, 2.05) is 24.3 Å². The predicted octanol–water partition coefficient (Wildman–Crippen LogP) is 1.85. The molecule has 0 aliphatic carbocycles. The summed E-state index contributed by atoms with van der Waals surface area (Å²) in [6.07, 6.45) is 0.505. The van der Waals surface area contributed by atoms with E-state index in [9.17, 15) is 4.79 Å². The van der Waals surface area contributed by atoms with Crippen LogP contribution in [0.15, 0.2) is 33.9 Å². The van der Waals surface area contributed by atoms with Crippen LogP contribution in [0.5, 0.6) is 5.75 Å². The Hall–Kier alpha value is -2.02. The van der Waals surface area contributed by atoms with Gasteiger partial charge in [-0.3, -0.25) is 4.79 Å². The van der Waals surface area contributed by atoms with E-state index in [0.29, 0.717) is 12.3 Å². The highest BCUT2D eigenvalue weighted by Gasteiger charge is 2.09. The molecule has 1 aromatic heterocycles. The molecule has 0 saturated heterocycles. The molecular weight excluding hydrogens is 268 g/mol. The van der Waals surface area contributed by atoms with E-state index >= 15 is 0 Å². The van der Waals surface area contributed by atoms with E-state index in [0.717, 1.165) is 23.1 Å². The Labute approximate surface area is 113 Å². The number of benzene rings is 1. The first-order valence-corrected chi connectivity index (χ1v) is 6.46. The van der Waals surface area contributed by atoms with E-state index in [4.69, 9.17) is 14.3 Å². The van der Waals surface area contributed by atoms with Crippen molar-refractivity contribution in [3.63, 3.8) is 0 Å². The molecular formula is C12H12N2O4S. The number of nitrogens with zero attached hydrogens (tertiary/aromatic N) is 2. The number of thioether (sulfide) groups is 1. The molecule has 0 spiro atoms. The number of aromatic nitrogens is 2. The molecule has 2 aromatic rings. The largest absolute Gasteiger partial charge is 0.497 e. The minimum atomic E-state index is -0.917. The molecule has 1 N–H and O–H groups in total. The van der Waals surface area contributed by atoms with Crippen LogP contribution in [0, 0.1) is 0 Å². The van der Waals surface area contributed by atoms with Gasteiger partial charge in [-0.1, -0.05) is 23.9 Å². The maximum absolute atomic E-state index is 10.4. The van der Waals surface area contributed by atoms with Gasteiger partial charge in [-0.15, -0.1) is 10.2 Å². The molecule has 0 unspecified atom stereocenters. The molecule has 0 aliphatic rings. The van der Waals surface area contributed by atoms with Crippen LogP contribution in [-0.2, 0) is 11.2 Å². The molecule has 0 radical (unpaired) electrons. The number of rotatable bonds is 6. The second-order valence-corrected chi connectivity index (χ2v) is 4.60. The van der Waals surface area contributed by atoms with Gasteiger partial charge in [0.2, 0.25) is 5.89 Å². The van der Waals surface area contributed by atoms with Crippen molar-refractivity contribution in [3.05, 3.63) is 35.7 Å². The molecule has 7 heteroatoms. The van der Waals surface area contributed by atoms with Crippen LogP contribution in [-0.4, -0.2) is 34.1 Å². The van der Waals surface area contributed by atoms with Crippen LogP contribution in [0.1, 0.15) is 11.5 Å². The predicted molar refractivity (Wildman–Crippen MR) is 68.5 cm³/mol. The summed E-state index contributed by atoms with van der Waals surface area (Å²) in [5, 5.41) is 16.5. The summed E-state index contributed by atoms with van der Waals surface area (Å²) >= 11 is 1.01. The Bertz CT molecular complexity index is 553. The zero-order chi connectivity index (χ0) is 13.7. The number of hydrogen-bond acceptors (Lipinski definition) is 6. The quantitative estimate of drug-likeness (QED) is 0.808. The molecule has 2 rings (SSSR count). The van der Waals surface area contributed by atoms with Crippen LogP contribution in [0.3, 0.4) is 0 Å². The second kappa shape index (κ2) is 6.24. The smallest absolute Gasteiger partial charge is 0.314 e. The lowest BCUT2D eigenvalue weighted by Crippen LogP contribution is -1.97. The number of hydrogen-bond donors (Lipinski definition) is 1. The number of ether oxygens (including phenoxy) is 1. The third-order valence-corrected chi connectivity index (χ3v) is 3.09. The van der Waals surface area contributed by atoms with Gasteiger partial charge in [0.25, 0.3) is 5.22 Å². The summed E-state index contributed by atoms with van der Waals surface area (Å²) in [4.78, 5) is 10.4. The van der Waals surface area contributed by atoms with Gasteiger partial charge in [0.05, 0.1) is 13.5 Å². The van der Waals surface area contributed by atoms with E-state index in [1.165, 1.54) is 0 Å². The molecule has 19 heavy (non-hydrogen) atoms. The summed E-state index contributed by atoms with van der Waals surface area (Å²) < 4.78 is 10.4. The molecule has 1 heterocycles. The first-order chi connectivity index (χ1) is 9.17. The number of carboxylic acids is 1. The molecule has 0 bridgehead atoms. The molecule has 0 amide bonds. The standard InChI is InChI=1S/C12H12N2O4S/c1-17-9-4-2-8(3-5-9)6-10-13-14-12(18-10)19-7-11(15)16/h2-5H,6-7H2,1H3,(H,15,16). The van der Waals surface area contributed by atoms with Crippen LogP contribution in [0.4, 0.5) is 0 Å². The van der Waals surface area contributed by atoms with Gasteiger partial charge in [0.15, 0.2) is 0 Å². The summed E-state index contributed by atoms with van der Waals surface area (Å²) in [7, 11) is 1.61. The van der Waals surface area contributed by atoms with E-state index < -0.39 is 5.97 Å². The highest BCUT2D eigenvalue weighted by atomic mass is 32.2. The Morgan fingerprint density at radius 3 is 2.74 bits per heavy atom. The maximum atomic E-state index is 10.4. The molecule has 6 nitrogen and oxygen atoms in total. The Morgan fingerprint density at radius 1 is 1.37 bits per heavy atom. The van der Waals surface area contributed by atoms with Gasteiger partial charge >= 0.3 is 5.97 Å². The van der Waals surface area contributed by atoms with Crippen LogP contribution < -0.4 is 4.74 Å². The first kappa shape index (κ1) is 13.4. The highest BCUT2D eigenvalue weighted by Crippen LogP contribution is 2.18.